The standard InChI is InChI=1S/C24H27FN4O4S2/c25-19-4-1-2-6-21(19)33-15-11-17-8-12-28(16-17)24(30)18-9-13-29(14-10-18)35(31,32)22-7-3-5-20-23(22)27-34-26-20/h1-7,17-18H,8-16H2. The average molecular weight is 519 g/mol. The molecule has 1 amide bonds. The van der Waals surface area contributed by atoms with Gasteiger partial charge in [-0.1, -0.05) is 18.2 Å². The number of piperidine rings is 1. The molecule has 0 spiro atoms. The summed E-state index contributed by atoms with van der Waals surface area (Å²) in [6, 6.07) is 11.3. The number of ether oxygens (including phenoxy) is 1. The summed E-state index contributed by atoms with van der Waals surface area (Å²) in [5.74, 6) is 0.127. The second-order valence-electron chi connectivity index (χ2n) is 9.07. The number of rotatable bonds is 7. The predicted octanol–water partition coefficient (Wildman–Crippen LogP) is 3.55. The molecule has 0 N–H and O–H groups in total. The molecule has 3 aromatic rings. The van der Waals surface area contributed by atoms with Gasteiger partial charge in [0.2, 0.25) is 15.9 Å². The van der Waals surface area contributed by atoms with Gasteiger partial charge in [-0.15, -0.1) is 0 Å². The lowest BCUT2D eigenvalue weighted by Crippen LogP contribution is -2.44. The molecule has 5 rings (SSSR count). The van der Waals surface area contributed by atoms with Crippen molar-refractivity contribution >= 4 is 38.7 Å². The first-order chi connectivity index (χ1) is 16.9. The van der Waals surface area contributed by atoms with Gasteiger partial charge in [0.25, 0.3) is 0 Å². The van der Waals surface area contributed by atoms with E-state index >= 15 is 0 Å². The molecular weight excluding hydrogens is 491 g/mol. The van der Waals surface area contributed by atoms with E-state index in [0.29, 0.717) is 62.6 Å². The molecule has 8 nitrogen and oxygen atoms in total. The third kappa shape index (κ3) is 5.03. The van der Waals surface area contributed by atoms with E-state index in [2.05, 4.69) is 8.75 Å². The number of nitrogens with zero attached hydrogens (tertiary/aromatic N) is 4. The first-order valence-electron chi connectivity index (χ1n) is 11.8. The van der Waals surface area contributed by atoms with E-state index < -0.39 is 10.0 Å². The van der Waals surface area contributed by atoms with Crippen molar-refractivity contribution in [3.8, 4) is 5.75 Å². The van der Waals surface area contributed by atoms with Crippen molar-refractivity contribution in [2.24, 2.45) is 11.8 Å². The fourth-order valence-corrected chi connectivity index (χ4v) is 7.12. The van der Waals surface area contributed by atoms with Crippen LogP contribution in [0.15, 0.2) is 47.4 Å². The fraction of sp³-hybridized carbons (Fsp3) is 0.458. The van der Waals surface area contributed by atoms with Crippen LogP contribution in [0.4, 0.5) is 4.39 Å². The molecule has 0 radical (unpaired) electrons. The van der Waals surface area contributed by atoms with Crippen LogP contribution in [0.25, 0.3) is 11.0 Å². The first-order valence-corrected chi connectivity index (χ1v) is 14.0. The third-order valence-electron chi connectivity index (χ3n) is 6.89. The van der Waals surface area contributed by atoms with Crippen LogP contribution in [0.5, 0.6) is 5.75 Å². The van der Waals surface area contributed by atoms with Gasteiger partial charge < -0.3 is 9.64 Å². The van der Waals surface area contributed by atoms with Crippen molar-refractivity contribution < 1.29 is 22.3 Å². The SMILES string of the molecule is O=C(C1CCN(S(=O)(=O)c2cccc3nsnc23)CC1)N1CCC(CCOc2ccccc2F)C1. The molecule has 2 fully saturated rings. The van der Waals surface area contributed by atoms with Crippen molar-refractivity contribution in [1.29, 1.82) is 0 Å². The van der Waals surface area contributed by atoms with E-state index in [-0.39, 0.29) is 28.3 Å². The van der Waals surface area contributed by atoms with Gasteiger partial charge in [0.1, 0.15) is 15.9 Å². The maximum absolute atomic E-state index is 13.7. The van der Waals surface area contributed by atoms with Gasteiger partial charge in [-0.25, -0.2) is 12.8 Å². The highest BCUT2D eigenvalue weighted by Crippen LogP contribution is 2.30. The summed E-state index contributed by atoms with van der Waals surface area (Å²) in [6.45, 7) is 2.38. The summed E-state index contributed by atoms with van der Waals surface area (Å²) in [5, 5.41) is 0. The molecule has 2 aliphatic rings. The van der Waals surface area contributed by atoms with Crippen LogP contribution in [0.2, 0.25) is 0 Å². The second kappa shape index (κ2) is 10.2. The molecule has 2 aliphatic heterocycles. The largest absolute Gasteiger partial charge is 0.491 e. The van der Waals surface area contributed by atoms with Crippen LogP contribution >= 0.6 is 11.7 Å². The smallest absolute Gasteiger partial charge is 0.245 e. The Bertz CT molecular complexity index is 1310. The maximum atomic E-state index is 13.7. The van der Waals surface area contributed by atoms with Gasteiger partial charge in [-0.05, 0) is 55.9 Å². The maximum Gasteiger partial charge on any atom is 0.245 e. The molecule has 11 heteroatoms. The van der Waals surface area contributed by atoms with Crippen LogP contribution in [0.1, 0.15) is 25.7 Å². The molecule has 3 heterocycles. The number of sulfonamides is 1. The summed E-state index contributed by atoms with van der Waals surface area (Å²) in [5.41, 5.74) is 0.974. The van der Waals surface area contributed by atoms with Gasteiger partial charge in [-0.2, -0.15) is 13.1 Å². The Hall–Kier alpha value is -2.63. The summed E-state index contributed by atoms with van der Waals surface area (Å²) < 4.78 is 55.5. The minimum atomic E-state index is -3.70. The third-order valence-corrected chi connectivity index (χ3v) is 9.36. The molecule has 2 saturated heterocycles. The van der Waals surface area contributed by atoms with Crippen LogP contribution in [0, 0.1) is 17.7 Å². The van der Waals surface area contributed by atoms with Gasteiger partial charge in [0.15, 0.2) is 11.6 Å². The number of likely N-dealkylation sites (tertiary alicyclic amines) is 1. The van der Waals surface area contributed by atoms with E-state index in [1.807, 2.05) is 4.90 Å². The van der Waals surface area contributed by atoms with Gasteiger partial charge in [-0.3, -0.25) is 4.79 Å². The van der Waals surface area contributed by atoms with Gasteiger partial charge >= 0.3 is 0 Å². The summed E-state index contributed by atoms with van der Waals surface area (Å²) >= 11 is 0.995. The van der Waals surface area contributed by atoms with Crippen LogP contribution in [-0.2, 0) is 14.8 Å². The lowest BCUT2D eigenvalue weighted by Gasteiger charge is -2.32. The number of carbonyl (C=O) groups excluding carboxylic acids is 1. The highest BCUT2D eigenvalue weighted by molar-refractivity contribution is 7.89. The molecule has 0 saturated carbocycles. The van der Waals surface area contributed by atoms with Gasteiger partial charge in [0.05, 0.1) is 18.3 Å². The summed E-state index contributed by atoms with van der Waals surface area (Å²) in [7, 11) is -3.70. The number of hydrogen-bond donors (Lipinski definition) is 0. The minimum absolute atomic E-state index is 0.102. The molecule has 186 valence electrons. The molecule has 1 aromatic heterocycles. The highest BCUT2D eigenvalue weighted by Gasteiger charge is 2.36. The molecule has 1 unspecified atom stereocenters. The normalized spacial score (nSPS) is 19.9. The lowest BCUT2D eigenvalue weighted by atomic mass is 9.96. The number of aromatic nitrogens is 2. The first kappa shape index (κ1) is 24.1. The number of amides is 1. The number of para-hydroxylation sites is 1. The average Bonchev–Trinajstić information content (AvgIpc) is 3.54. The molecule has 2 aromatic carbocycles. The zero-order valence-electron chi connectivity index (χ0n) is 19.2. The van der Waals surface area contributed by atoms with E-state index in [9.17, 15) is 17.6 Å². The van der Waals surface area contributed by atoms with Crippen LogP contribution < -0.4 is 4.74 Å². The Morgan fingerprint density at radius 3 is 2.66 bits per heavy atom. The zero-order chi connectivity index (χ0) is 24.4. The monoisotopic (exact) mass is 518 g/mol. The van der Waals surface area contributed by atoms with E-state index in [4.69, 9.17) is 4.74 Å². The predicted molar refractivity (Wildman–Crippen MR) is 130 cm³/mol. The summed E-state index contributed by atoms with van der Waals surface area (Å²) in [6.07, 6.45) is 2.65. The van der Waals surface area contributed by atoms with Crippen molar-refractivity contribution in [2.45, 2.75) is 30.6 Å². The van der Waals surface area contributed by atoms with Crippen molar-refractivity contribution in [3.63, 3.8) is 0 Å². The number of halogens is 1. The van der Waals surface area contributed by atoms with Crippen molar-refractivity contribution in [1.82, 2.24) is 18.0 Å². The second-order valence-corrected chi connectivity index (χ2v) is 11.5. The Labute approximate surface area is 208 Å². The van der Waals surface area contributed by atoms with Crippen molar-refractivity contribution in [3.05, 3.63) is 48.3 Å². The Morgan fingerprint density at radius 1 is 1.06 bits per heavy atom. The molecule has 1 atom stereocenters. The zero-order valence-corrected chi connectivity index (χ0v) is 20.8. The van der Waals surface area contributed by atoms with Crippen molar-refractivity contribution in [2.75, 3.05) is 32.8 Å². The van der Waals surface area contributed by atoms with E-state index in [1.165, 1.54) is 10.4 Å². The van der Waals surface area contributed by atoms with Crippen LogP contribution in [-0.4, -0.2) is 65.1 Å². The fourth-order valence-electron chi connectivity index (χ4n) is 4.90. The van der Waals surface area contributed by atoms with E-state index in [1.54, 1.807) is 36.4 Å². The number of hydrogen-bond acceptors (Lipinski definition) is 7. The topological polar surface area (TPSA) is 92.7 Å². The molecular formula is C24H27FN4O4S2. The quantitative estimate of drug-likeness (QED) is 0.475. The highest BCUT2D eigenvalue weighted by atomic mass is 32.2. The summed E-state index contributed by atoms with van der Waals surface area (Å²) in [4.78, 5) is 15.2. The molecule has 0 bridgehead atoms. The minimum Gasteiger partial charge on any atom is -0.491 e. The Morgan fingerprint density at radius 2 is 1.86 bits per heavy atom. The number of fused-ring (bicyclic) bond motifs is 1. The Kier molecular flexibility index (Phi) is 6.99. The Balaban J connectivity index is 1.12. The van der Waals surface area contributed by atoms with Gasteiger partial charge in [0, 0.05) is 32.1 Å². The van der Waals surface area contributed by atoms with Crippen LogP contribution in [0.3, 0.4) is 0 Å². The molecule has 35 heavy (non-hydrogen) atoms. The number of carbonyl (C=O) groups is 1. The molecule has 0 aliphatic carbocycles. The van der Waals surface area contributed by atoms with E-state index in [0.717, 1.165) is 24.6 Å². The number of benzene rings is 2. The lowest BCUT2D eigenvalue weighted by molar-refractivity contribution is -0.135.